The number of β-lactam (4-membered cyclic amide) rings is 1. The molecule has 0 saturated carbocycles. The molecule has 32 heavy (non-hydrogen) atoms. The van der Waals surface area contributed by atoms with E-state index in [0.717, 1.165) is 27.9 Å². The van der Waals surface area contributed by atoms with Crippen molar-refractivity contribution in [3.05, 3.63) is 27.8 Å². The largest absolute Gasteiger partial charge is 0.477 e. The van der Waals surface area contributed by atoms with Crippen LogP contribution in [0.1, 0.15) is 12.6 Å². The number of carboxylic acid groups (broad SMARTS) is 1. The van der Waals surface area contributed by atoms with Crippen molar-refractivity contribution in [1.82, 2.24) is 15.2 Å². The second-order valence-corrected chi connectivity index (χ2v) is 10.7. The van der Waals surface area contributed by atoms with Crippen molar-refractivity contribution in [3.63, 3.8) is 0 Å². The summed E-state index contributed by atoms with van der Waals surface area (Å²) < 4.78 is 28.4. The van der Waals surface area contributed by atoms with Gasteiger partial charge in [0.05, 0.1) is 11.3 Å². The Morgan fingerprint density at radius 2 is 2.12 bits per heavy atom. The maximum absolute atomic E-state index is 12.8. The zero-order chi connectivity index (χ0) is 23.8. The Labute approximate surface area is 190 Å². The van der Waals surface area contributed by atoms with E-state index in [1.54, 1.807) is 0 Å². The highest BCUT2D eigenvalue weighted by atomic mass is 32.2. The topological polar surface area (TPSA) is 186 Å². The molecule has 1 aromatic rings. The van der Waals surface area contributed by atoms with Crippen LogP contribution in [0.2, 0.25) is 0 Å². The molecule has 1 saturated heterocycles. The van der Waals surface area contributed by atoms with Crippen LogP contribution in [-0.2, 0) is 33.8 Å². The first-order chi connectivity index (χ1) is 14.9. The summed E-state index contributed by atoms with van der Waals surface area (Å²) in [6.07, 6.45) is 0.901. The Kier molecular flexibility index (Phi) is 6.61. The van der Waals surface area contributed by atoms with Gasteiger partial charge in [0.15, 0.2) is 15.0 Å². The molecular formula is C17H18N4O8S3. The van der Waals surface area contributed by atoms with E-state index in [0.29, 0.717) is 0 Å². The number of sulfone groups is 1. The third-order valence-corrected chi connectivity index (χ3v) is 7.04. The van der Waals surface area contributed by atoms with Gasteiger partial charge in [-0.2, -0.15) is 0 Å². The van der Waals surface area contributed by atoms with Gasteiger partial charge in [-0.3, -0.25) is 19.3 Å². The van der Waals surface area contributed by atoms with E-state index in [-0.39, 0.29) is 40.0 Å². The van der Waals surface area contributed by atoms with Crippen LogP contribution < -0.4 is 11.1 Å². The number of carbonyl (C=O) groups excluding carboxylic acids is 3. The minimum atomic E-state index is -3.74. The van der Waals surface area contributed by atoms with Crippen LogP contribution >= 0.6 is 23.1 Å². The fraction of sp³-hybridized carbons (Fsp3) is 0.353. The van der Waals surface area contributed by atoms with E-state index in [1.807, 2.05) is 0 Å². The maximum Gasteiger partial charge on any atom is 0.352 e. The van der Waals surface area contributed by atoms with Crippen molar-refractivity contribution in [1.29, 1.82) is 0 Å². The first-order valence-corrected chi connectivity index (χ1v) is 12.7. The predicted molar refractivity (Wildman–Crippen MR) is 116 cm³/mol. The number of amides is 2. The van der Waals surface area contributed by atoms with Crippen molar-refractivity contribution < 1.29 is 37.4 Å². The minimum Gasteiger partial charge on any atom is -0.477 e. The van der Waals surface area contributed by atoms with Gasteiger partial charge in [-0.05, 0) is 0 Å². The van der Waals surface area contributed by atoms with Gasteiger partial charge in [0.25, 0.3) is 11.8 Å². The molecule has 172 valence electrons. The van der Waals surface area contributed by atoms with Gasteiger partial charge < -0.3 is 20.9 Å². The number of nitrogen functional groups attached to an aromatic ring is 1. The standard InChI is InChI=1S/C17H18N4O8S3/c1-7(22)29-3-8-4-30-15-11(14(24)21(15)12(8)16(25)26)20-13(23)9(6-32(2,27)28)10-5-31-17(18)19-10/h5-6,11,15H,3-4H2,1-2H3,(H2,18,19)(H,20,23)(H,25,26)/b9-6-/t11?,15-/m1/s1. The Morgan fingerprint density at radius 3 is 2.66 bits per heavy atom. The van der Waals surface area contributed by atoms with E-state index in [2.05, 4.69) is 10.3 Å². The van der Waals surface area contributed by atoms with E-state index < -0.39 is 45.0 Å². The molecule has 0 aromatic carbocycles. The number of aromatic nitrogens is 1. The molecule has 12 nitrogen and oxygen atoms in total. The number of nitrogens with one attached hydrogen (secondary N) is 1. The van der Waals surface area contributed by atoms with Gasteiger partial charge in [0.2, 0.25) is 0 Å². The summed E-state index contributed by atoms with van der Waals surface area (Å²) in [7, 11) is -3.74. The van der Waals surface area contributed by atoms with Crippen molar-refractivity contribution in [2.24, 2.45) is 0 Å². The first-order valence-electron chi connectivity index (χ1n) is 8.86. The first kappa shape index (κ1) is 23.7. The number of fused-ring (bicyclic) bond motifs is 1. The van der Waals surface area contributed by atoms with Crippen LogP contribution in [0.25, 0.3) is 5.57 Å². The number of hydrogen-bond donors (Lipinski definition) is 3. The van der Waals surface area contributed by atoms with Crippen molar-refractivity contribution in [2.75, 3.05) is 24.3 Å². The molecule has 15 heteroatoms. The molecule has 2 aliphatic rings. The molecule has 2 amide bonds. The summed E-state index contributed by atoms with van der Waals surface area (Å²) in [5.41, 5.74) is 5.26. The van der Waals surface area contributed by atoms with Crippen LogP contribution in [0, 0.1) is 0 Å². The lowest BCUT2D eigenvalue weighted by Crippen LogP contribution is -2.70. The highest BCUT2D eigenvalue weighted by molar-refractivity contribution is 8.00. The Bertz CT molecular complexity index is 1170. The fourth-order valence-electron chi connectivity index (χ4n) is 3.06. The number of carboxylic acids is 1. The zero-order valence-electron chi connectivity index (χ0n) is 16.7. The molecule has 0 radical (unpaired) electrons. The second kappa shape index (κ2) is 8.91. The van der Waals surface area contributed by atoms with E-state index >= 15 is 0 Å². The summed E-state index contributed by atoms with van der Waals surface area (Å²) in [5.74, 6) is -3.37. The van der Waals surface area contributed by atoms with Gasteiger partial charge in [-0.1, -0.05) is 0 Å². The quantitative estimate of drug-likeness (QED) is 0.246. The number of aliphatic carboxylic acids is 1. The fourth-order valence-corrected chi connectivity index (χ4v) is 5.60. The van der Waals surface area contributed by atoms with Gasteiger partial charge in [0, 0.05) is 35.3 Å². The van der Waals surface area contributed by atoms with Crippen LogP contribution in [0.4, 0.5) is 5.13 Å². The molecule has 1 unspecified atom stereocenters. The number of carbonyl (C=O) groups is 4. The summed E-state index contributed by atoms with van der Waals surface area (Å²) in [6, 6.07) is -1.09. The number of thioether (sulfide) groups is 1. The Balaban J connectivity index is 1.83. The molecule has 0 aliphatic carbocycles. The molecule has 1 aromatic heterocycles. The van der Waals surface area contributed by atoms with Crippen molar-refractivity contribution in [2.45, 2.75) is 18.3 Å². The lowest BCUT2D eigenvalue weighted by molar-refractivity contribution is -0.150. The Hall–Kier alpha value is -2.91. The predicted octanol–water partition coefficient (Wildman–Crippen LogP) is -0.587. The van der Waals surface area contributed by atoms with Crippen LogP contribution in [0.5, 0.6) is 0 Å². The third kappa shape index (κ3) is 4.94. The third-order valence-electron chi connectivity index (χ3n) is 4.36. The van der Waals surface area contributed by atoms with E-state index in [1.165, 1.54) is 24.1 Å². The SMILES string of the molecule is CC(=O)OCC1=C(C(=O)O)N2C(=O)C(NC(=O)/C(=C\S(C)(=O)=O)c3csc(N)n3)[C@H]2SC1. The summed E-state index contributed by atoms with van der Waals surface area (Å²) >= 11 is 2.19. The molecule has 2 atom stereocenters. The number of ether oxygens (including phenoxy) is 1. The molecule has 0 spiro atoms. The molecule has 3 heterocycles. The Morgan fingerprint density at radius 1 is 1.44 bits per heavy atom. The normalized spacial score (nSPS) is 21.0. The van der Waals surface area contributed by atoms with Gasteiger partial charge in [-0.15, -0.1) is 23.1 Å². The maximum atomic E-state index is 12.8. The lowest BCUT2D eigenvalue weighted by atomic mass is 10.0. The molecule has 3 rings (SSSR count). The number of nitrogens with two attached hydrogens (primary N) is 1. The zero-order valence-corrected chi connectivity index (χ0v) is 19.2. The summed E-state index contributed by atoms with van der Waals surface area (Å²) in [4.78, 5) is 53.3. The van der Waals surface area contributed by atoms with Crippen LogP contribution in [-0.4, -0.2) is 77.2 Å². The molecule has 0 bridgehead atoms. The number of nitrogens with zero attached hydrogens (tertiary/aromatic N) is 2. The number of rotatable bonds is 7. The second-order valence-electron chi connectivity index (χ2n) is 6.83. The lowest BCUT2D eigenvalue weighted by Gasteiger charge is -2.49. The molecule has 2 aliphatic heterocycles. The number of esters is 1. The van der Waals surface area contributed by atoms with Gasteiger partial charge in [-0.25, -0.2) is 18.2 Å². The summed E-state index contributed by atoms with van der Waals surface area (Å²) in [5, 5.41) is 13.6. The molecule has 4 N–H and O–H groups in total. The number of thiazole rings is 1. The molecular weight excluding hydrogens is 484 g/mol. The number of hydrogen-bond acceptors (Lipinski definition) is 11. The van der Waals surface area contributed by atoms with Crippen molar-refractivity contribution in [3.8, 4) is 0 Å². The van der Waals surface area contributed by atoms with Crippen LogP contribution in [0.3, 0.4) is 0 Å². The van der Waals surface area contributed by atoms with Crippen molar-refractivity contribution >= 4 is 67.4 Å². The monoisotopic (exact) mass is 502 g/mol. The van der Waals surface area contributed by atoms with Gasteiger partial charge in [0.1, 0.15) is 23.7 Å². The van der Waals surface area contributed by atoms with E-state index in [4.69, 9.17) is 10.5 Å². The molecule has 1 fully saturated rings. The average molecular weight is 503 g/mol. The average Bonchev–Trinajstić information content (AvgIpc) is 3.12. The smallest absolute Gasteiger partial charge is 0.352 e. The number of anilines is 1. The highest BCUT2D eigenvalue weighted by Gasteiger charge is 2.54. The van der Waals surface area contributed by atoms with Gasteiger partial charge >= 0.3 is 11.9 Å². The van der Waals surface area contributed by atoms with Crippen LogP contribution in [0.15, 0.2) is 22.1 Å². The summed E-state index contributed by atoms with van der Waals surface area (Å²) in [6.45, 7) is 0.904. The van der Waals surface area contributed by atoms with E-state index in [9.17, 15) is 32.7 Å². The minimum absolute atomic E-state index is 0.0325. The highest BCUT2D eigenvalue weighted by Crippen LogP contribution is 2.40.